The molecule has 3 aliphatic heterocycles. The van der Waals surface area contributed by atoms with Crippen molar-refractivity contribution in [2.24, 2.45) is 5.92 Å². The van der Waals surface area contributed by atoms with E-state index < -0.39 is 0 Å². The number of rotatable bonds is 4. The Bertz CT molecular complexity index is 535. The highest BCUT2D eigenvalue weighted by Gasteiger charge is 2.34. The average molecular weight is 302 g/mol. The third-order valence-corrected chi connectivity index (χ3v) is 5.20. The minimum absolute atomic E-state index is 0.0360. The lowest BCUT2D eigenvalue weighted by Crippen LogP contribution is -2.57. The van der Waals surface area contributed by atoms with E-state index in [-0.39, 0.29) is 5.91 Å². The Morgan fingerprint density at radius 2 is 2.19 bits per heavy atom. The van der Waals surface area contributed by atoms with Gasteiger partial charge in [0.25, 0.3) is 0 Å². The fourth-order valence-corrected chi connectivity index (χ4v) is 3.98. The first-order chi connectivity index (χ1) is 10.2. The lowest BCUT2D eigenvalue weighted by Gasteiger charge is -2.44. The van der Waals surface area contributed by atoms with Crippen molar-refractivity contribution < 1.29 is 4.79 Å². The molecule has 3 fully saturated rings. The van der Waals surface area contributed by atoms with Crippen molar-refractivity contribution in [3.05, 3.63) is 41.3 Å². The molecule has 3 saturated heterocycles. The summed E-state index contributed by atoms with van der Waals surface area (Å²) in [6, 6.07) is 8.65. The molecule has 4 rings (SSSR count). The van der Waals surface area contributed by atoms with E-state index in [0.717, 1.165) is 6.54 Å². The molecule has 0 radical (unpaired) electrons. The molecule has 1 aromatic carbocycles. The summed E-state index contributed by atoms with van der Waals surface area (Å²) in [5.41, 5.74) is 1.24. The number of benzene rings is 1. The molecule has 1 atom stereocenters. The predicted molar refractivity (Wildman–Crippen MR) is 87.3 cm³/mol. The molecule has 1 unspecified atom stereocenters. The summed E-state index contributed by atoms with van der Waals surface area (Å²) in [7, 11) is 0. The van der Waals surface area contributed by atoms with E-state index in [2.05, 4.69) is 35.3 Å². The molecule has 21 heavy (non-hydrogen) atoms. The van der Waals surface area contributed by atoms with Gasteiger partial charge >= 0.3 is 0 Å². The van der Waals surface area contributed by atoms with Crippen LogP contribution in [0.2, 0.25) is 0 Å². The Kier molecular flexibility index (Phi) is 4.66. The summed E-state index contributed by atoms with van der Waals surface area (Å²) in [6.07, 6.45) is 4.12. The molecule has 4 heteroatoms. The van der Waals surface area contributed by atoms with Crippen molar-refractivity contribution in [2.75, 3.05) is 19.6 Å². The summed E-state index contributed by atoms with van der Waals surface area (Å²) >= 11 is 1.59. The van der Waals surface area contributed by atoms with Crippen LogP contribution in [-0.2, 0) is 4.79 Å². The van der Waals surface area contributed by atoms with Gasteiger partial charge in [-0.25, -0.2) is 0 Å². The van der Waals surface area contributed by atoms with Crippen LogP contribution in [0.5, 0.6) is 0 Å². The number of carbonyl (C=O) groups excluding carboxylic acids is 1. The fraction of sp³-hybridized carbons (Fsp3) is 0.471. The van der Waals surface area contributed by atoms with E-state index in [1.165, 1.54) is 36.4 Å². The van der Waals surface area contributed by atoms with Gasteiger partial charge < -0.3 is 10.2 Å². The van der Waals surface area contributed by atoms with Gasteiger partial charge in [-0.3, -0.25) is 4.79 Å². The maximum Gasteiger partial charge on any atom is 0.244 e. The zero-order valence-electron chi connectivity index (χ0n) is 12.4. The molecular weight excluding hydrogens is 280 g/mol. The van der Waals surface area contributed by atoms with Gasteiger partial charge in [0.15, 0.2) is 0 Å². The maximum atomic E-state index is 12.0. The predicted octanol–water partition coefficient (Wildman–Crippen LogP) is 2.81. The minimum atomic E-state index is 0.0360. The Labute approximate surface area is 130 Å². The molecule has 1 N–H and O–H groups in total. The van der Waals surface area contributed by atoms with Gasteiger partial charge in [-0.2, -0.15) is 0 Å². The van der Waals surface area contributed by atoms with Crippen LogP contribution >= 0.6 is 11.8 Å². The van der Waals surface area contributed by atoms with Crippen molar-refractivity contribution >= 4 is 17.7 Å². The number of piperidine rings is 3. The van der Waals surface area contributed by atoms with E-state index in [9.17, 15) is 4.79 Å². The highest BCUT2D eigenvalue weighted by Crippen LogP contribution is 2.27. The number of carbonyl (C=O) groups is 1. The number of hydrogen-bond acceptors (Lipinski definition) is 3. The highest BCUT2D eigenvalue weighted by molar-refractivity contribution is 8.02. The number of nitrogens with one attached hydrogen (secondary N) is 1. The monoisotopic (exact) mass is 302 g/mol. The maximum absolute atomic E-state index is 12.0. The van der Waals surface area contributed by atoms with Crippen molar-refractivity contribution in [1.82, 2.24) is 10.2 Å². The van der Waals surface area contributed by atoms with Crippen LogP contribution in [0.3, 0.4) is 0 Å². The van der Waals surface area contributed by atoms with Crippen molar-refractivity contribution in [3.63, 3.8) is 0 Å². The Morgan fingerprint density at radius 1 is 1.38 bits per heavy atom. The number of hydrogen-bond donors (Lipinski definition) is 1. The fourth-order valence-electron chi connectivity index (χ4n) is 3.22. The molecule has 112 valence electrons. The molecule has 0 saturated carbocycles. The smallest absolute Gasteiger partial charge is 0.244 e. The third kappa shape index (κ3) is 3.89. The lowest BCUT2D eigenvalue weighted by molar-refractivity contribution is -0.118. The van der Waals surface area contributed by atoms with E-state index in [4.69, 9.17) is 0 Å². The quantitative estimate of drug-likeness (QED) is 0.686. The van der Waals surface area contributed by atoms with Crippen LogP contribution in [0, 0.1) is 12.8 Å². The molecule has 0 aliphatic carbocycles. The zero-order valence-corrected chi connectivity index (χ0v) is 13.2. The molecule has 2 bridgehead atoms. The van der Waals surface area contributed by atoms with Gasteiger partial charge in [0, 0.05) is 23.6 Å². The van der Waals surface area contributed by atoms with Crippen molar-refractivity contribution in [2.45, 2.75) is 30.7 Å². The Hall–Kier alpha value is -1.26. The number of nitrogens with zero attached hydrogens (tertiary/aromatic N) is 1. The summed E-state index contributed by atoms with van der Waals surface area (Å²) in [5.74, 6) is 0.714. The van der Waals surface area contributed by atoms with Gasteiger partial charge in [-0.1, -0.05) is 29.5 Å². The second kappa shape index (κ2) is 6.67. The largest absolute Gasteiger partial charge is 0.348 e. The van der Waals surface area contributed by atoms with Crippen molar-refractivity contribution in [3.8, 4) is 0 Å². The van der Waals surface area contributed by atoms with Crippen LogP contribution in [0.15, 0.2) is 40.6 Å². The van der Waals surface area contributed by atoms with Crippen LogP contribution in [-0.4, -0.2) is 36.5 Å². The summed E-state index contributed by atoms with van der Waals surface area (Å²) in [5, 5.41) is 5.05. The van der Waals surface area contributed by atoms with E-state index in [1.54, 1.807) is 17.8 Å². The Balaban J connectivity index is 1.49. The minimum Gasteiger partial charge on any atom is -0.348 e. The highest BCUT2D eigenvalue weighted by atomic mass is 32.2. The normalized spacial score (nSPS) is 28.0. The Morgan fingerprint density at radius 3 is 2.86 bits per heavy atom. The van der Waals surface area contributed by atoms with Crippen LogP contribution in [0.4, 0.5) is 0 Å². The number of aryl methyl sites for hydroxylation is 1. The summed E-state index contributed by atoms with van der Waals surface area (Å²) in [4.78, 5) is 15.6. The zero-order chi connectivity index (χ0) is 14.7. The molecule has 1 amide bonds. The molecule has 0 aromatic heterocycles. The van der Waals surface area contributed by atoms with Crippen molar-refractivity contribution in [1.29, 1.82) is 0 Å². The summed E-state index contributed by atoms with van der Waals surface area (Å²) < 4.78 is 0. The second-order valence-electron chi connectivity index (χ2n) is 5.99. The number of fused-ring (bicyclic) bond motifs is 3. The molecule has 0 spiro atoms. The third-order valence-electron chi connectivity index (χ3n) is 4.40. The first-order valence-electron chi connectivity index (χ1n) is 7.63. The molecule has 3 nitrogen and oxygen atoms in total. The lowest BCUT2D eigenvalue weighted by atomic mass is 9.84. The van der Waals surface area contributed by atoms with E-state index >= 15 is 0 Å². The van der Waals surface area contributed by atoms with Crippen LogP contribution in [0.25, 0.3) is 0 Å². The SMILES string of the molecule is Cc1cccc(SC=CC(=O)NC2CN3CCC2CC3)c1. The topological polar surface area (TPSA) is 32.3 Å². The van der Waals surface area contributed by atoms with Gasteiger partial charge in [0.2, 0.25) is 5.91 Å². The number of amides is 1. The van der Waals surface area contributed by atoms with Crippen LogP contribution < -0.4 is 5.32 Å². The molecule has 1 aromatic rings. The van der Waals surface area contributed by atoms with Gasteiger partial charge in [-0.15, -0.1) is 0 Å². The standard InChI is InChI=1S/C17H22N2OS/c1-13-3-2-4-15(11-13)21-10-7-17(20)18-16-12-19-8-5-14(16)6-9-19/h2-4,7,10-11,14,16H,5-6,8-9,12H2,1H3,(H,18,20). The van der Waals surface area contributed by atoms with Gasteiger partial charge in [0.1, 0.15) is 0 Å². The first-order valence-corrected chi connectivity index (χ1v) is 8.51. The summed E-state index contributed by atoms with van der Waals surface area (Å²) in [6.45, 7) is 5.51. The molecule has 3 heterocycles. The van der Waals surface area contributed by atoms with Gasteiger partial charge in [-0.05, 0) is 56.3 Å². The van der Waals surface area contributed by atoms with E-state index in [1.807, 2.05) is 11.5 Å². The van der Waals surface area contributed by atoms with Crippen LogP contribution in [0.1, 0.15) is 18.4 Å². The second-order valence-corrected chi connectivity index (χ2v) is 6.97. The molecular formula is C17H22N2OS. The average Bonchev–Trinajstić information content (AvgIpc) is 2.48. The molecule has 3 aliphatic rings. The van der Waals surface area contributed by atoms with Gasteiger partial charge in [0.05, 0.1) is 0 Å². The first kappa shape index (κ1) is 14.7. The van der Waals surface area contributed by atoms with E-state index in [0.29, 0.717) is 12.0 Å². The number of thioether (sulfide) groups is 1.